The fourth-order valence-electron chi connectivity index (χ4n) is 4.64. The topological polar surface area (TPSA) is 118 Å². The molecule has 0 radical (unpaired) electrons. The first-order chi connectivity index (χ1) is 18.9. The highest BCUT2D eigenvalue weighted by Crippen LogP contribution is 2.42. The third kappa shape index (κ3) is 5.21. The molecule has 1 fully saturated rings. The van der Waals surface area contributed by atoms with Crippen molar-refractivity contribution in [1.29, 1.82) is 0 Å². The highest BCUT2D eigenvalue weighted by molar-refractivity contribution is 7.19. The van der Waals surface area contributed by atoms with Gasteiger partial charge in [-0.1, -0.05) is 23.5 Å². The molecule has 0 aliphatic carbocycles. The molecule has 1 saturated heterocycles. The predicted octanol–water partition coefficient (Wildman–Crippen LogP) is 5.18. The van der Waals surface area contributed by atoms with Crippen LogP contribution in [0, 0.1) is 10.1 Å². The van der Waals surface area contributed by atoms with Gasteiger partial charge in [0.15, 0.2) is 5.13 Å². The molecule has 39 heavy (non-hydrogen) atoms. The van der Waals surface area contributed by atoms with Crippen LogP contribution in [0.15, 0.2) is 72.8 Å². The predicted molar refractivity (Wildman–Crippen MR) is 150 cm³/mol. The monoisotopic (exact) mass is 546 g/mol. The number of carboxylic acids is 1. The van der Waals surface area contributed by atoms with E-state index in [1.54, 1.807) is 37.3 Å². The molecular formula is C28H26N4O6S. The molecule has 10 nitrogen and oxygen atoms in total. The Labute approximate surface area is 228 Å². The Morgan fingerprint density at radius 3 is 2.18 bits per heavy atom. The van der Waals surface area contributed by atoms with Crippen LogP contribution in [0.1, 0.15) is 0 Å². The van der Waals surface area contributed by atoms with Crippen molar-refractivity contribution >= 4 is 33.8 Å². The number of thiazole rings is 1. The van der Waals surface area contributed by atoms with E-state index in [0.29, 0.717) is 17.4 Å². The van der Waals surface area contributed by atoms with E-state index in [9.17, 15) is 20.0 Å². The third-order valence-electron chi connectivity index (χ3n) is 6.66. The van der Waals surface area contributed by atoms with Crippen molar-refractivity contribution in [3.8, 4) is 33.2 Å². The van der Waals surface area contributed by atoms with Gasteiger partial charge in [0, 0.05) is 24.7 Å². The first kappa shape index (κ1) is 26.0. The number of carbonyl (C=O) groups is 1. The van der Waals surface area contributed by atoms with E-state index >= 15 is 0 Å². The van der Waals surface area contributed by atoms with Crippen LogP contribution in [0.5, 0.6) is 11.5 Å². The molecule has 1 aliphatic heterocycles. The second-order valence-electron chi connectivity index (χ2n) is 8.87. The van der Waals surface area contributed by atoms with Gasteiger partial charge in [-0.3, -0.25) is 10.1 Å². The SMILES string of the molecule is COc1ccc(-c2nc(N3CCN(c4ccccc4[N+](=O)[O-])C(C(=O)O)C3)sc2-c2ccc(OC)cc2)cc1. The normalized spacial score (nSPS) is 15.2. The van der Waals surface area contributed by atoms with Gasteiger partial charge in [0.2, 0.25) is 0 Å². The summed E-state index contributed by atoms with van der Waals surface area (Å²) in [6.45, 7) is 0.865. The molecule has 4 aromatic rings. The number of methoxy groups -OCH3 is 2. The van der Waals surface area contributed by atoms with Gasteiger partial charge < -0.3 is 24.4 Å². The van der Waals surface area contributed by atoms with Crippen molar-refractivity contribution in [3.05, 3.63) is 82.9 Å². The van der Waals surface area contributed by atoms with Crippen molar-refractivity contribution < 1.29 is 24.3 Å². The molecule has 0 bridgehead atoms. The lowest BCUT2D eigenvalue weighted by molar-refractivity contribution is -0.384. The second-order valence-corrected chi connectivity index (χ2v) is 9.85. The van der Waals surface area contributed by atoms with Gasteiger partial charge in [-0.05, 0) is 60.2 Å². The van der Waals surface area contributed by atoms with Gasteiger partial charge in [0.1, 0.15) is 23.2 Å². The number of hydrogen-bond acceptors (Lipinski definition) is 9. The number of nitro groups is 1. The number of aromatic nitrogens is 1. The maximum atomic E-state index is 12.4. The molecule has 0 spiro atoms. The highest BCUT2D eigenvalue weighted by Gasteiger charge is 2.36. The Hall–Kier alpha value is -4.64. The number of para-hydroxylation sites is 2. The molecular weight excluding hydrogens is 520 g/mol. The minimum absolute atomic E-state index is 0.116. The van der Waals surface area contributed by atoms with Crippen LogP contribution in [-0.2, 0) is 4.79 Å². The fourth-order valence-corrected chi connectivity index (χ4v) is 5.77. The van der Waals surface area contributed by atoms with E-state index in [0.717, 1.165) is 33.2 Å². The van der Waals surface area contributed by atoms with Crippen LogP contribution in [0.2, 0.25) is 0 Å². The Balaban J connectivity index is 1.51. The van der Waals surface area contributed by atoms with Crippen molar-refractivity contribution in [3.63, 3.8) is 0 Å². The molecule has 1 atom stereocenters. The van der Waals surface area contributed by atoms with E-state index in [1.165, 1.54) is 17.4 Å². The highest BCUT2D eigenvalue weighted by atomic mass is 32.1. The number of carboxylic acid groups (broad SMARTS) is 1. The zero-order valence-corrected chi connectivity index (χ0v) is 22.1. The molecule has 1 aromatic heterocycles. The lowest BCUT2D eigenvalue weighted by Gasteiger charge is -2.40. The number of anilines is 2. The Morgan fingerprint density at radius 1 is 0.974 bits per heavy atom. The van der Waals surface area contributed by atoms with Gasteiger partial charge in [-0.25, -0.2) is 9.78 Å². The zero-order chi connectivity index (χ0) is 27.5. The lowest BCUT2D eigenvalue weighted by Crippen LogP contribution is -2.57. The summed E-state index contributed by atoms with van der Waals surface area (Å²) in [5.74, 6) is 0.417. The number of aliphatic carboxylic acids is 1. The number of rotatable bonds is 8. The maximum Gasteiger partial charge on any atom is 0.328 e. The van der Waals surface area contributed by atoms with E-state index in [4.69, 9.17) is 14.5 Å². The minimum atomic E-state index is -1.06. The lowest BCUT2D eigenvalue weighted by atomic mass is 10.1. The first-order valence-electron chi connectivity index (χ1n) is 12.2. The zero-order valence-electron chi connectivity index (χ0n) is 21.3. The van der Waals surface area contributed by atoms with Crippen LogP contribution < -0.4 is 19.3 Å². The minimum Gasteiger partial charge on any atom is -0.497 e. The molecule has 200 valence electrons. The Morgan fingerprint density at radius 2 is 1.59 bits per heavy atom. The number of benzene rings is 3. The van der Waals surface area contributed by atoms with Crippen molar-refractivity contribution in [2.24, 2.45) is 0 Å². The standard InChI is InChI=1S/C28H26N4O6S/c1-37-20-11-7-18(8-12-20)25-26(19-9-13-21(38-2)14-10-19)39-28(29-25)30-15-16-31(24(17-30)27(33)34)22-5-3-4-6-23(22)32(35)36/h3-14,24H,15-17H2,1-2H3,(H,33,34). The summed E-state index contributed by atoms with van der Waals surface area (Å²) in [7, 11) is 3.23. The van der Waals surface area contributed by atoms with Gasteiger partial charge >= 0.3 is 5.97 Å². The third-order valence-corrected chi connectivity index (χ3v) is 7.82. The average Bonchev–Trinajstić information content (AvgIpc) is 3.42. The van der Waals surface area contributed by atoms with E-state index in [1.807, 2.05) is 53.4 Å². The smallest absolute Gasteiger partial charge is 0.328 e. The van der Waals surface area contributed by atoms with Crippen molar-refractivity contribution in [2.75, 3.05) is 43.7 Å². The fraction of sp³-hybridized carbons (Fsp3) is 0.214. The van der Waals surface area contributed by atoms with Crippen molar-refractivity contribution in [2.45, 2.75) is 6.04 Å². The van der Waals surface area contributed by atoms with Gasteiger partial charge in [-0.15, -0.1) is 0 Å². The van der Waals surface area contributed by atoms with Gasteiger partial charge in [0.25, 0.3) is 5.69 Å². The summed E-state index contributed by atoms with van der Waals surface area (Å²) in [5, 5.41) is 22.4. The maximum absolute atomic E-state index is 12.4. The number of piperazine rings is 1. The summed E-state index contributed by atoms with van der Waals surface area (Å²) < 4.78 is 10.6. The molecule has 1 unspecified atom stereocenters. The number of ether oxygens (including phenoxy) is 2. The summed E-state index contributed by atoms with van der Waals surface area (Å²) in [4.78, 5) is 32.9. The van der Waals surface area contributed by atoms with Crippen molar-refractivity contribution in [1.82, 2.24) is 4.98 Å². The Kier molecular flexibility index (Phi) is 7.33. The largest absolute Gasteiger partial charge is 0.497 e. The number of nitrogens with zero attached hydrogens (tertiary/aromatic N) is 4. The number of hydrogen-bond donors (Lipinski definition) is 1. The van der Waals surface area contributed by atoms with Gasteiger partial charge in [0.05, 0.1) is 36.3 Å². The molecule has 0 saturated carbocycles. The number of nitro benzene ring substituents is 1. The molecule has 2 heterocycles. The quantitative estimate of drug-likeness (QED) is 0.235. The first-order valence-corrected chi connectivity index (χ1v) is 13.0. The Bertz CT molecular complexity index is 1420. The molecule has 1 N–H and O–H groups in total. The van der Waals surface area contributed by atoms with Gasteiger partial charge in [-0.2, -0.15) is 0 Å². The molecule has 5 rings (SSSR count). The van der Waals surface area contributed by atoms with Crippen LogP contribution in [0.4, 0.5) is 16.5 Å². The second kappa shape index (κ2) is 11.0. The van der Waals surface area contributed by atoms with Crippen LogP contribution in [-0.4, -0.2) is 60.9 Å². The van der Waals surface area contributed by atoms with Crippen LogP contribution >= 0.6 is 11.3 Å². The summed E-state index contributed by atoms with van der Waals surface area (Å²) in [6.07, 6.45) is 0. The molecule has 11 heteroatoms. The summed E-state index contributed by atoms with van der Waals surface area (Å²) >= 11 is 1.48. The van der Waals surface area contributed by atoms with E-state index in [2.05, 4.69) is 0 Å². The van der Waals surface area contributed by atoms with Crippen LogP contribution in [0.25, 0.3) is 21.7 Å². The molecule has 0 amide bonds. The van der Waals surface area contributed by atoms with Crippen LogP contribution in [0.3, 0.4) is 0 Å². The summed E-state index contributed by atoms with van der Waals surface area (Å²) in [6, 6.07) is 20.6. The summed E-state index contributed by atoms with van der Waals surface area (Å²) in [5.41, 5.74) is 2.81. The molecule has 3 aromatic carbocycles. The molecule has 1 aliphatic rings. The van der Waals surface area contributed by atoms with E-state index in [-0.39, 0.29) is 18.8 Å². The van der Waals surface area contributed by atoms with E-state index < -0.39 is 16.9 Å². The average molecular weight is 547 g/mol.